The van der Waals surface area contributed by atoms with Crippen LogP contribution in [0.1, 0.15) is 108 Å². The van der Waals surface area contributed by atoms with Crippen molar-refractivity contribution < 1.29 is 14.4 Å². The van der Waals surface area contributed by atoms with Gasteiger partial charge in [-0.05, 0) is 67.2 Å². The molecule has 0 bridgehead atoms. The van der Waals surface area contributed by atoms with Gasteiger partial charge < -0.3 is 21.7 Å². The minimum absolute atomic E-state index is 0.0639. The highest BCUT2D eigenvalue weighted by Crippen LogP contribution is 2.30. The van der Waals surface area contributed by atoms with Crippen molar-refractivity contribution in [1.82, 2.24) is 45.5 Å². The molecule has 59 heavy (non-hydrogen) atoms. The second-order valence-electron chi connectivity index (χ2n) is 16.9. The fourth-order valence-electron chi connectivity index (χ4n) is 8.06. The van der Waals surface area contributed by atoms with E-state index < -0.39 is 24.0 Å². The summed E-state index contributed by atoms with van der Waals surface area (Å²) in [6.45, 7) is 8.56. The number of nitrogens with zero attached hydrogens (tertiary/aromatic N) is 6. The number of nitrogens with two attached hydrogens (primary N) is 1. The van der Waals surface area contributed by atoms with Gasteiger partial charge in [-0.25, -0.2) is 4.98 Å². The number of carbonyl (C=O) groups excluding carboxylic acids is 3. The van der Waals surface area contributed by atoms with Gasteiger partial charge in [-0.1, -0.05) is 102 Å². The molecule has 6 rings (SSSR count). The summed E-state index contributed by atoms with van der Waals surface area (Å²) in [5.41, 5.74) is 11.7. The lowest BCUT2D eigenvalue weighted by Gasteiger charge is -2.32. The largest absolute Gasteiger partial charge is 0.351 e. The SMILES string of the molecule is CC(C)Cc1nc(-c2ccccc2)cn2c([C@@H](Cc3cccnc3)C(=O)N[C@@H](CC3CCCCC3)[C@H](N)CC(=O)N[C@@H](CC(C)C)C(=O)NCc3ccccn3)nnc12. The Hall–Kier alpha value is -5.56. The summed E-state index contributed by atoms with van der Waals surface area (Å²) in [5, 5.41) is 18.5. The van der Waals surface area contributed by atoms with E-state index in [1.165, 1.54) is 6.42 Å². The van der Waals surface area contributed by atoms with Crippen molar-refractivity contribution in [1.29, 1.82) is 0 Å². The van der Waals surface area contributed by atoms with Gasteiger partial charge in [-0.2, -0.15) is 0 Å². The summed E-state index contributed by atoms with van der Waals surface area (Å²) < 4.78 is 1.92. The predicted molar refractivity (Wildman–Crippen MR) is 229 cm³/mol. The van der Waals surface area contributed by atoms with E-state index >= 15 is 0 Å². The number of carbonyl (C=O) groups is 3. The summed E-state index contributed by atoms with van der Waals surface area (Å²) >= 11 is 0. The number of hydrogen-bond donors (Lipinski definition) is 4. The molecule has 1 fully saturated rings. The Balaban J connectivity index is 1.27. The normalized spacial score (nSPS) is 15.4. The van der Waals surface area contributed by atoms with Gasteiger partial charge in [0, 0.05) is 48.9 Å². The van der Waals surface area contributed by atoms with Crippen LogP contribution >= 0.6 is 0 Å². The zero-order valence-electron chi connectivity index (χ0n) is 34.9. The van der Waals surface area contributed by atoms with E-state index in [1.807, 2.05) is 85.1 Å². The molecule has 1 saturated carbocycles. The van der Waals surface area contributed by atoms with E-state index in [1.54, 1.807) is 18.6 Å². The molecular formula is C46H60N10O3. The van der Waals surface area contributed by atoms with Crippen molar-refractivity contribution in [2.75, 3.05) is 0 Å². The van der Waals surface area contributed by atoms with E-state index in [0.717, 1.165) is 53.9 Å². The van der Waals surface area contributed by atoms with E-state index in [9.17, 15) is 14.4 Å². The Bertz CT molecular complexity index is 2100. The van der Waals surface area contributed by atoms with Crippen LogP contribution in [0.25, 0.3) is 16.9 Å². The highest BCUT2D eigenvalue weighted by Gasteiger charge is 2.33. The molecule has 1 aromatic carbocycles. The zero-order valence-corrected chi connectivity index (χ0v) is 34.9. The van der Waals surface area contributed by atoms with E-state index in [4.69, 9.17) is 15.8 Å². The molecule has 0 spiro atoms. The minimum atomic E-state index is -0.764. The number of rotatable bonds is 19. The summed E-state index contributed by atoms with van der Waals surface area (Å²) in [7, 11) is 0. The third-order valence-electron chi connectivity index (χ3n) is 11.1. The van der Waals surface area contributed by atoms with Crippen LogP contribution in [-0.4, -0.2) is 65.4 Å². The summed E-state index contributed by atoms with van der Waals surface area (Å²) in [5.74, 6) is -0.325. The van der Waals surface area contributed by atoms with Gasteiger partial charge in [0.1, 0.15) is 17.8 Å². The van der Waals surface area contributed by atoms with Crippen LogP contribution in [0.2, 0.25) is 0 Å². The van der Waals surface area contributed by atoms with Gasteiger partial charge in [0.15, 0.2) is 5.65 Å². The third-order valence-corrected chi connectivity index (χ3v) is 11.1. The molecule has 3 amide bonds. The lowest BCUT2D eigenvalue weighted by atomic mass is 9.82. The fourth-order valence-corrected chi connectivity index (χ4v) is 8.06. The Kier molecular flexibility index (Phi) is 15.3. The maximum atomic E-state index is 14.9. The van der Waals surface area contributed by atoms with Gasteiger partial charge in [0.2, 0.25) is 17.7 Å². The molecule has 5 aromatic rings. The zero-order chi connectivity index (χ0) is 41.7. The molecule has 1 aliphatic carbocycles. The molecule has 5 N–H and O–H groups in total. The van der Waals surface area contributed by atoms with E-state index in [-0.39, 0.29) is 36.6 Å². The number of aromatic nitrogens is 6. The van der Waals surface area contributed by atoms with Gasteiger partial charge >= 0.3 is 0 Å². The molecule has 13 nitrogen and oxygen atoms in total. The van der Waals surface area contributed by atoms with Gasteiger partial charge in [0.05, 0.1) is 23.6 Å². The van der Waals surface area contributed by atoms with Crippen molar-refractivity contribution in [2.45, 2.75) is 122 Å². The smallest absolute Gasteiger partial charge is 0.242 e. The number of nitrogens with one attached hydrogen (secondary N) is 3. The molecule has 4 aromatic heterocycles. The quantitative estimate of drug-likeness (QED) is 0.0764. The van der Waals surface area contributed by atoms with Gasteiger partial charge in [0.25, 0.3) is 0 Å². The first-order chi connectivity index (χ1) is 28.5. The second-order valence-corrected chi connectivity index (χ2v) is 16.9. The molecule has 13 heteroatoms. The second kappa shape index (κ2) is 20.9. The molecule has 4 heterocycles. The van der Waals surface area contributed by atoms with Crippen molar-refractivity contribution in [3.8, 4) is 11.3 Å². The average molecular weight is 801 g/mol. The third kappa shape index (κ3) is 12.2. The molecule has 312 valence electrons. The van der Waals surface area contributed by atoms with Gasteiger partial charge in [-0.3, -0.25) is 28.8 Å². The lowest BCUT2D eigenvalue weighted by molar-refractivity contribution is -0.130. The highest BCUT2D eigenvalue weighted by molar-refractivity contribution is 5.88. The van der Waals surface area contributed by atoms with Crippen LogP contribution in [0.15, 0.2) is 85.5 Å². The standard InChI is InChI=1S/C46H60N10O3/c1-30(2)22-39-44-55-54-43(56(44)29-41(51-39)34-17-9-6-10-18-34)36(24-33-16-13-20-48-27-33)45(58)53-38(25-32-14-7-5-8-15-32)37(47)26-42(57)52-40(23-31(3)4)46(59)50-28-35-19-11-12-21-49-35/h6,9-13,16-21,27,29-32,36-38,40H,5,7-8,14-15,22-26,28,47H2,1-4H3,(H,50,59)(H,52,57)(H,53,58)/t36-,37-,38+,40+/m1/s1. The molecule has 0 unspecified atom stereocenters. The molecular weight excluding hydrogens is 741 g/mol. The molecule has 4 atom stereocenters. The van der Waals surface area contributed by atoms with Crippen molar-refractivity contribution >= 4 is 23.4 Å². The van der Waals surface area contributed by atoms with Crippen molar-refractivity contribution in [3.05, 3.63) is 108 Å². The Morgan fingerprint density at radius 2 is 1.63 bits per heavy atom. The summed E-state index contributed by atoms with van der Waals surface area (Å²) in [6.07, 6.45) is 14.6. The predicted octanol–water partition coefficient (Wildman–Crippen LogP) is 6.13. The average Bonchev–Trinajstić information content (AvgIpc) is 3.66. The maximum Gasteiger partial charge on any atom is 0.242 e. The first kappa shape index (κ1) is 43.0. The van der Waals surface area contributed by atoms with Crippen LogP contribution in [0.3, 0.4) is 0 Å². The minimum Gasteiger partial charge on any atom is -0.351 e. The Morgan fingerprint density at radius 3 is 2.32 bits per heavy atom. The monoisotopic (exact) mass is 800 g/mol. The van der Waals surface area contributed by atoms with Crippen LogP contribution in [-0.2, 0) is 33.8 Å². The summed E-state index contributed by atoms with van der Waals surface area (Å²) in [4.78, 5) is 55.6. The molecule has 0 saturated heterocycles. The number of amides is 3. The molecule has 0 aliphatic heterocycles. The fraction of sp³-hybridized carbons (Fsp3) is 0.478. The Labute approximate surface area is 347 Å². The maximum absolute atomic E-state index is 14.9. The molecule has 1 aliphatic rings. The van der Waals surface area contributed by atoms with Crippen molar-refractivity contribution in [2.24, 2.45) is 23.5 Å². The molecule has 0 radical (unpaired) electrons. The summed E-state index contributed by atoms with van der Waals surface area (Å²) in [6, 6.07) is 17.3. The van der Waals surface area contributed by atoms with Gasteiger partial charge in [-0.15, -0.1) is 10.2 Å². The van der Waals surface area contributed by atoms with Crippen LogP contribution in [0, 0.1) is 17.8 Å². The first-order valence-corrected chi connectivity index (χ1v) is 21.3. The number of fused-ring (bicyclic) bond motifs is 1. The van der Waals surface area contributed by atoms with Crippen molar-refractivity contribution in [3.63, 3.8) is 0 Å². The van der Waals surface area contributed by atoms with E-state index in [2.05, 4.69) is 44.9 Å². The van der Waals surface area contributed by atoms with Crippen LogP contribution in [0.5, 0.6) is 0 Å². The Morgan fingerprint density at radius 1 is 0.847 bits per heavy atom. The highest BCUT2D eigenvalue weighted by atomic mass is 16.2. The lowest BCUT2D eigenvalue weighted by Crippen LogP contribution is -2.53. The van der Waals surface area contributed by atoms with E-state index in [0.29, 0.717) is 49.0 Å². The number of benzene rings is 1. The van der Waals surface area contributed by atoms with Crippen LogP contribution < -0.4 is 21.7 Å². The van der Waals surface area contributed by atoms with Crippen LogP contribution in [0.4, 0.5) is 0 Å². The number of hydrogen-bond acceptors (Lipinski definition) is 9. The number of pyridine rings is 2. The first-order valence-electron chi connectivity index (χ1n) is 21.3. The topological polar surface area (TPSA) is 182 Å².